The first-order valence-electron chi connectivity index (χ1n) is 5.56. The zero-order valence-electron chi connectivity index (χ0n) is 9.86. The van der Waals surface area contributed by atoms with Crippen LogP contribution in [0.5, 0.6) is 5.75 Å². The summed E-state index contributed by atoms with van der Waals surface area (Å²) in [4.78, 5) is 3.97. The minimum absolute atomic E-state index is 0.0144. The molecular weight excluding hydrogens is 202 g/mol. The largest absolute Gasteiger partial charge is 0.491 e. The first-order valence-corrected chi connectivity index (χ1v) is 5.56. The van der Waals surface area contributed by atoms with Crippen molar-refractivity contribution in [2.45, 2.75) is 26.7 Å². The first kappa shape index (κ1) is 12.5. The van der Waals surface area contributed by atoms with Crippen molar-refractivity contribution in [3.8, 4) is 5.75 Å². The fraction of sp³-hybridized carbons (Fsp3) is 0.500. The fourth-order valence-corrected chi connectivity index (χ4v) is 1.53. The summed E-state index contributed by atoms with van der Waals surface area (Å²) in [6.45, 7) is 4.94. The van der Waals surface area contributed by atoms with Crippen LogP contribution in [0.1, 0.15) is 32.3 Å². The molecule has 1 unspecified atom stereocenters. The number of ether oxygens (including phenoxy) is 1. The van der Waals surface area contributed by atoms with Gasteiger partial charge in [0.05, 0.1) is 18.4 Å². The molecule has 0 amide bonds. The van der Waals surface area contributed by atoms with Gasteiger partial charge in [0.25, 0.3) is 0 Å². The number of pyridine rings is 1. The molecule has 1 aromatic rings. The maximum Gasteiger partial charge on any atom is 0.148 e. The summed E-state index contributed by atoms with van der Waals surface area (Å²) in [5.41, 5.74) is 6.07. The topological polar surface area (TPSA) is 72.0 Å². The molecule has 4 heteroatoms. The molecule has 1 heterocycles. The van der Waals surface area contributed by atoms with Crippen molar-refractivity contribution in [2.75, 3.05) is 6.61 Å². The molecule has 1 rings (SSSR count). The Labute approximate surface area is 96.3 Å². The SMILES string of the molecule is CCCC(C)COc1cnccc1C(=N)N. The van der Waals surface area contributed by atoms with Crippen molar-refractivity contribution < 1.29 is 4.74 Å². The van der Waals surface area contributed by atoms with Crippen LogP contribution in [0.25, 0.3) is 0 Å². The number of nitrogens with two attached hydrogens (primary N) is 1. The van der Waals surface area contributed by atoms with E-state index in [1.54, 1.807) is 18.5 Å². The highest BCUT2D eigenvalue weighted by Gasteiger charge is 2.08. The molecule has 0 saturated carbocycles. The van der Waals surface area contributed by atoms with Gasteiger partial charge in [0.2, 0.25) is 0 Å². The Morgan fingerprint density at radius 1 is 1.62 bits per heavy atom. The number of rotatable bonds is 6. The number of hydrogen-bond donors (Lipinski definition) is 2. The number of nitrogens with one attached hydrogen (secondary N) is 1. The van der Waals surface area contributed by atoms with E-state index in [9.17, 15) is 0 Å². The molecule has 0 aliphatic rings. The molecule has 0 bridgehead atoms. The van der Waals surface area contributed by atoms with Crippen LogP contribution in [0, 0.1) is 11.3 Å². The first-order chi connectivity index (χ1) is 7.65. The van der Waals surface area contributed by atoms with Crippen molar-refractivity contribution >= 4 is 5.84 Å². The number of hydrogen-bond acceptors (Lipinski definition) is 3. The van der Waals surface area contributed by atoms with Crippen LogP contribution < -0.4 is 10.5 Å². The van der Waals surface area contributed by atoms with Crippen LogP contribution in [-0.4, -0.2) is 17.4 Å². The lowest BCUT2D eigenvalue weighted by Crippen LogP contribution is -2.15. The standard InChI is InChI=1S/C12H19N3O/c1-3-4-9(2)8-16-11-7-15-6-5-10(11)12(13)14/h5-7,9H,3-4,8H2,1-2H3,(H3,13,14). The van der Waals surface area contributed by atoms with Crippen LogP contribution in [0.4, 0.5) is 0 Å². The predicted octanol–water partition coefficient (Wildman–Crippen LogP) is 2.18. The molecule has 1 aromatic heterocycles. The summed E-state index contributed by atoms with van der Waals surface area (Å²) in [5, 5.41) is 7.41. The van der Waals surface area contributed by atoms with Gasteiger partial charge < -0.3 is 10.5 Å². The number of nitrogens with zero attached hydrogens (tertiary/aromatic N) is 1. The highest BCUT2D eigenvalue weighted by Crippen LogP contribution is 2.17. The van der Waals surface area contributed by atoms with Crippen molar-refractivity contribution in [3.05, 3.63) is 24.0 Å². The minimum Gasteiger partial charge on any atom is -0.491 e. The van der Waals surface area contributed by atoms with Gasteiger partial charge in [-0.2, -0.15) is 0 Å². The molecular formula is C12H19N3O. The molecule has 0 radical (unpaired) electrons. The van der Waals surface area contributed by atoms with E-state index in [0.717, 1.165) is 12.8 Å². The summed E-state index contributed by atoms with van der Waals surface area (Å²) in [6.07, 6.45) is 5.50. The van der Waals surface area contributed by atoms with Gasteiger partial charge in [-0.05, 0) is 18.4 Å². The van der Waals surface area contributed by atoms with Gasteiger partial charge in [-0.3, -0.25) is 10.4 Å². The van der Waals surface area contributed by atoms with Crippen LogP contribution in [-0.2, 0) is 0 Å². The zero-order valence-corrected chi connectivity index (χ0v) is 9.86. The van der Waals surface area contributed by atoms with Crippen molar-refractivity contribution in [1.82, 2.24) is 4.98 Å². The van der Waals surface area contributed by atoms with Gasteiger partial charge in [0.15, 0.2) is 0 Å². The molecule has 4 nitrogen and oxygen atoms in total. The molecule has 0 fully saturated rings. The van der Waals surface area contributed by atoms with Gasteiger partial charge in [0, 0.05) is 6.20 Å². The van der Waals surface area contributed by atoms with Gasteiger partial charge in [-0.15, -0.1) is 0 Å². The number of amidine groups is 1. The maximum atomic E-state index is 7.41. The maximum absolute atomic E-state index is 7.41. The lowest BCUT2D eigenvalue weighted by atomic mass is 10.1. The average Bonchev–Trinajstić information content (AvgIpc) is 2.27. The van der Waals surface area contributed by atoms with Crippen molar-refractivity contribution in [2.24, 2.45) is 11.7 Å². The van der Waals surface area contributed by atoms with Gasteiger partial charge in [0.1, 0.15) is 11.6 Å². The summed E-state index contributed by atoms with van der Waals surface area (Å²) in [5.74, 6) is 1.11. The van der Waals surface area contributed by atoms with Gasteiger partial charge in [-0.25, -0.2) is 0 Å². The lowest BCUT2D eigenvalue weighted by molar-refractivity contribution is 0.250. The third kappa shape index (κ3) is 3.53. The van der Waals surface area contributed by atoms with Crippen molar-refractivity contribution in [3.63, 3.8) is 0 Å². The third-order valence-corrected chi connectivity index (χ3v) is 2.38. The second kappa shape index (κ2) is 6.10. The molecule has 16 heavy (non-hydrogen) atoms. The van der Waals surface area contributed by atoms with Crippen LogP contribution >= 0.6 is 0 Å². The molecule has 0 spiro atoms. The van der Waals surface area contributed by atoms with E-state index in [0.29, 0.717) is 23.8 Å². The lowest BCUT2D eigenvalue weighted by Gasteiger charge is -2.13. The van der Waals surface area contributed by atoms with Crippen LogP contribution in [0.2, 0.25) is 0 Å². The van der Waals surface area contributed by atoms with E-state index in [-0.39, 0.29) is 5.84 Å². The van der Waals surface area contributed by atoms with E-state index in [1.807, 2.05) is 0 Å². The van der Waals surface area contributed by atoms with Crippen LogP contribution in [0.15, 0.2) is 18.5 Å². The Kier molecular flexibility index (Phi) is 4.76. The number of aromatic nitrogens is 1. The molecule has 0 aliphatic heterocycles. The second-order valence-electron chi connectivity index (χ2n) is 3.99. The average molecular weight is 221 g/mol. The number of nitrogen functional groups attached to an aromatic ring is 1. The quantitative estimate of drug-likeness (QED) is 0.571. The smallest absolute Gasteiger partial charge is 0.148 e. The minimum atomic E-state index is 0.0144. The zero-order chi connectivity index (χ0) is 12.0. The Balaban J connectivity index is 2.63. The van der Waals surface area contributed by atoms with Crippen LogP contribution in [0.3, 0.4) is 0 Å². The van der Waals surface area contributed by atoms with E-state index < -0.39 is 0 Å². The molecule has 88 valence electrons. The molecule has 0 aromatic carbocycles. The summed E-state index contributed by atoms with van der Waals surface area (Å²) in [6, 6.07) is 1.70. The highest BCUT2D eigenvalue weighted by atomic mass is 16.5. The normalized spacial score (nSPS) is 12.1. The highest BCUT2D eigenvalue weighted by molar-refractivity contribution is 5.97. The molecule has 0 aliphatic carbocycles. The van der Waals surface area contributed by atoms with Crippen molar-refractivity contribution in [1.29, 1.82) is 5.41 Å². The van der Waals surface area contributed by atoms with E-state index in [1.165, 1.54) is 0 Å². The Morgan fingerprint density at radius 2 is 2.38 bits per heavy atom. The molecule has 3 N–H and O–H groups in total. The van der Waals surface area contributed by atoms with E-state index in [4.69, 9.17) is 15.9 Å². The van der Waals surface area contributed by atoms with Gasteiger partial charge in [-0.1, -0.05) is 20.3 Å². The predicted molar refractivity (Wildman–Crippen MR) is 64.8 cm³/mol. The third-order valence-electron chi connectivity index (χ3n) is 2.38. The van der Waals surface area contributed by atoms with E-state index in [2.05, 4.69) is 18.8 Å². The fourth-order valence-electron chi connectivity index (χ4n) is 1.53. The molecule has 0 saturated heterocycles. The summed E-state index contributed by atoms with van der Waals surface area (Å²) < 4.78 is 5.63. The molecule has 1 atom stereocenters. The Morgan fingerprint density at radius 3 is 3.00 bits per heavy atom. The summed E-state index contributed by atoms with van der Waals surface area (Å²) in [7, 11) is 0. The monoisotopic (exact) mass is 221 g/mol. The Bertz CT molecular complexity index is 352. The van der Waals surface area contributed by atoms with E-state index >= 15 is 0 Å². The van der Waals surface area contributed by atoms with Gasteiger partial charge >= 0.3 is 0 Å². The second-order valence-corrected chi connectivity index (χ2v) is 3.99. The Hall–Kier alpha value is -1.58. The summed E-state index contributed by atoms with van der Waals surface area (Å²) >= 11 is 0.